The third-order valence-electron chi connectivity index (χ3n) is 3.18. The summed E-state index contributed by atoms with van der Waals surface area (Å²) in [6.45, 7) is 2.29. The van der Waals surface area contributed by atoms with Crippen LogP contribution in [0.5, 0.6) is 0 Å². The summed E-state index contributed by atoms with van der Waals surface area (Å²) in [5, 5.41) is 7.05. The molecule has 2 heterocycles. The average Bonchev–Trinajstić information content (AvgIpc) is 2.56. The molecule has 2 N–H and O–H groups in total. The van der Waals surface area contributed by atoms with Gasteiger partial charge in [-0.2, -0.15) is 0 Å². The summed E-state index contributed by atoms with van der Waals surface area (Å²) in [5.74, 6) is 0.699. The molecule has 1 aromatic rings. The van der Waals surface area contributed by atoms with Crippen molar-refractivity contribution in [2.45, 2.75) is 18.4 Å². The molecule has 2 atom stereocenters. The predicted octanol–water partition coefficient (Wildman–Crippen LogP) is 1.56. The van der Waals surface area contributed by atoms with Crippen molar-refractivity contribution in [2.75, 3.05) is 18.4 Å². The Morgan fingerprint density at radius 2 is 2.15 bits per heavy atom. The van der Waals surface area contributed by atoms with Gasteiger partial charge in [0.05, 0.1) is 0 Å². The van der Waals surface area contributed by atoms with Gasteiger partial charge in [-0.05, 0) is 24.6 Å². The topological polar surface area (TPSA) is 24.1 Å². The molecule has 0 unspecified atom stereocenters. The SMILES string of the molecule is c1ccc2c(c1)N[C@H]1CCNC[C@@H]21. The van der Waals surface area contributed by atoms with Gasteiger partial charge in [-0.1, -0.05) is 18.2 Å². The van der Waals surface area contributed by atoms with E-state index in [2.05, 4.69) is 34.9 Å². The minimum absolute atomic E-state index is 0.679. The van der Waals surface area contributed by atoms with Crippen LogP contribution in [0.4, 0.5) is 5.69 Å². The normalized spacial score (nSPS) is 30.5. The van der Waals surface area contributed by atoms with Crippen LogP contribution < -0.4 is 10.6 Å². The van der Waals surface area contributed by atoms with Gasteiger partial charge in [-0.15, -0.1) is 0 Å². The summed E-state index contributed by atoms with van der Waals surface area (Å²) in [5.41, 5.74) is 2.85. The second-order valence-electron chi connectivity index (χ2n) is 3.94. The summed E-state index contributed by atoms with van der Waals surface area (Å²) >= 11 is 0. The van der Waals surface area contributed by atoms with E-state index in [0.717, 1.165) is 13.1 Å². The third kappa shape index (κ3) is 1.05. The van der Waals surface area contributed by atoms with Gasteiger partial charge in [0.1, 0.15) is 0 Å². The summed E-state index contributed by atoms with van der Waals surface area (Å²) < 4.78 is 0. The molecule has 3 rings (SSSR count). The predicted molar refractivity (Wildman–Crippen MR) is 54.1 cm³/mol. The fourth-order valence-electron chi connectivity index (χ4n) is 2.51. The second kappa shape index (κ2) is 2.74. The lowest BCUT2D eigenvalue weighted by Crippen LogP contribution is -2.38. The molecule has 2 nitrogen and oxygen atoms in total. The summed E-state index contributed by atoms with van der Waals surface area (Å²) in [7, 11) is 0. The zero-order chi connectivity index (χ0) is 8.67. The van der Waals surface area contributed by atoms with Crippen LogP contribution in [-0.4, -0.2) is 19.1 Å². The molecule has 0 aromatic heterocycles. The van der Waals surface area contributed by atoms with Crippen molar-refractivity contribution in [2.24, 2.45) is 0 Å². The minimum Gasteiger partial charge on any atom is -0.381 e. The van der Waals surface area contributed by atoms with Gasteiger partial charge < -0.3 is 10.6 Å². The maximum Gasteiger partial charge on any atom is 0.0379 e. The molecule has 2 heteroatoms. The van der Waals surface area contributed by atoms with Crippen molar-refractivity contribution in [1.82, 2.24) is 5.32 Å². The standard InChI is InChI=1S/C11H14N2/c1-2-4-10-8(3-1)9-7-12-6-5-11(9)13-10/h1-4,9,11-13H,5-7H2/t9-,11-/m0/s1. The fourth-order valence-corrected chi connectivity index (χ4v) is 2.51. The number of para-hydroxylation sites is 1. The molecule has 13 heavy (non-hydrogen) atoms. The van der Waals surface area contributed by atoms with Crippen molar-refractivity contribution in [3.8, 4) is 0 Å². The highest BCUT2D eigenvalue weighted by Gasteiger charge is 2.33. The van der Waals surface area contributed by atoms with Crippen LogP contribution in [0.15, 0.2) is 24.3 Å². The molecule has 2 aliphatic heterocycles. The van der Waals surface area contributed by atoms with Crippen molar-refractivity contribution in [1.29, 1.82) is 0 Å². The number of nitrogens with one attached hydrogen (secondary N) is 2. The highest BCUT2D eigenvalue weighted by Crippen LogP contribution is 2.37. The van der Waals surface area contributed by atoms with E-state index in [-0.39, 0.29) is 0 Å². The molecule has 0 aliphatic carbocycles. The van der Waals surface area contributed by atoms with Crippen LogP contribution in [0, 0.1) is 0 Å². The highest BCUT2D eigenvalue weighted by atomic mass is 15.0. The van der Waals surface area contributed by atoms with E-state index in [1.54, 1.807) is 0 Å². The van der Waals surface area contributed by atoms with Gasteiger partial charge in [-0.25, -0.2) is 0 Å². The lowest BCUT2D eigenvalue weighted by atomic mass is 9.91. The van der Waals surface area contributed by atoms with Crippen LogP contribution in [0.2, 0.25) is 0 Å². The van der Waals surface area contributed by atoms with Crippen LogP contribution in [0.25, 0.3) is 0 Å². The van der Waals surface area contributed by atoms with E-state index in [1.807, 2.05) is 0 Å². The Morgan fingerprint density at radius 1 is 1.23 bits per heavy atom. The average molecular weight is 174 g/mol. The van der Waals surface area contributed by atoms with Crippen molar-refractivity contribution >= 4 is 5.69 Å². The van der Waals surface area contributed by atoms with Crippen LogP contribution in [0.1, 0.15) is 17.9 Å². The highest BCUT2D eigenvalue weighted by molar-refractivity contribution is 5.59. The Morgan fingerprint density at radius 3 is 3.15 bits per heavy atom. The first-order valence-corrected chi connectivity index (χ1v) is 5.01. The first kappa shape index (κ1) is 7.39. The van der Waals surface area contributed by atoms with Gasteiger partial charge in [0.25, 0.3) is 0 Å². The Bertz CT molecular complexity index is 322. The smallest absolute Gasteiger partial charge is 0.0379 e. The zero-order valence-electron chi connectivity index (χ0n) is 7.59. The van der Waals surface area contributed by atoms with E-state index < -0.39 is 0 Å². The van der Waals surface area contributed by atoms with E-state index in [0.29, 0.717) is 12.0 Å². The molecule has 0 saturated carbocycles. The van der Waals surface area contributed by atoms with Gasteiger partial charge >= 0.3 is 0 Å². The molecule has 0 bridgehead atoms. The van der Waals surface area contributed by atoms with Crippen molar-refractivity contribution in [3.63, 3.8) is 0 Å². The molecule has 68 valence electrons. The summed E-state index contributed by atoms with van der Waals surface area (Å²) in [4.78, 5) is 0. The molecule has 1 saturated heterocycles. The van der Waals surface area contributed by atoms with E-state index in [9.17, 15) is 0 Å². The molecule has 0 radical (unpaired) electrons. The largest absolute Gasteiger partial charge is 0.381 e. The first-order chi connectivity index (χ1) is 6.45. The van der Waals surface area contributed by atoms with Crippen LogP contribution >= 0.6 is 0 Å². The Kier molecular flexibility index (Phi) is 1.56. The maximum atomic E-state index is 3.60. The number of hydrogen-bond donors (Lipinski definition) is 2. The number of rotatable bonds is 0. The number of anilines is 1. The monoisotopic (exact) mass is 174 g/mol. The lowest BCUT2D eigenvalue weighted by molar-refractivity contribution is 0.440. The molecule has 2 aliphatic rings. The first-order valence-electron chi connectivity index (χ1n) is 5.01. The number of piperidine rings is 1. The molecule has 0 amide bonds. The van der Waals surface area contributed by atoms with Crippen LogP contribution in [0.3, 0.4) is 0 Å². The van der Waals surface area contributed by atoms with Crippen molar-refractivity contribution in [3.05, 3.63) is 29.8 Å². The van der Waals surface area contributed by atoms with Gasteiger partial charge in [0, 0.05) is 24.2 Å². The van der Waals surface area contributed by atoms with Gasteiger partial charge in [0.2, 0.25) is 0 Å². The Hall–Kier alpha value is -1.02. The molecular formula is C11H14N2. The summed E-state index contributed by atoms with van der Waals surface area (Å²) in [6, 6.07) is 9.36. The quantitative estimate of drug-likeness (QED) is 0.623. The van der Waals surface area contributed by atoms with Crippen molar-refractivity contribution < 1.29 is 0 Å². The molecule has 1 aromatic carbocycles. The third-order valence-corrected chi connectivity index (χ3v) is 3.18. The van der Waals surface area contributed by atoms with E-state index in [4.69, 9.17) is 0 Å². The van der Waals surface area contributed by atoms with E-state index >= 15 is 0 Å². The minimum atomic E-state index is 0.679. The molecule has 1 fully saturated rings. The molecule has 0 spiro atoms. The number of benzene rings is 1. The second-order valence-corrected chi connectivity index (χ2v) is 3.94. The summed E-state index contributed by atoms with van der Waals surface area (Å²) in [6.07, 6.45) is 1.25. The van der Waals surface area contributed by atoms with Gasteiger partial charge in [0.15, 0.2) is 0 Å². The van der Waals surface area contributed by atoms with Crippen LogP contribution in [-0.2, 0) is 0 Å². The maximum absolute atomic E-state index is 3.60. The lowest BCUT2D eigenvalue weighted by Gasteiger charge is -2.26. The fraction of sp³-hybridized carbons (Fsp3) is 0.455. The Labute approximate surface area is 78.3 Å². The number of fused-ring (bicyclic) bond motifs is 3. The number of hydrogen-bond acceptors (Lipinski definition) is 2. The van der Waals surface area contributed by atoms with E-state index in [1.165, 1.54) is 17.7 Å². The van der Waals surface area contributed by atoms with Gasteiger partial charge in [-0.3, -0.25) is 0 Å². The molecular weight excluding hydrogens is 160 g/mol. The Balaban J connectivity index is 2.01. The zero-order valence-corrected chi connectivity index (χ0v) is 7.59.